The summed E-state index contributed by atoms with van der Waals surface area (Å²) in [6.45, 7) is 7.90. The number of anilines is 1. The van der Waals surface area contributed by atoms with Gasteiger partial charge in [0.05, 0.1) is 0 Å². The SMILES string of the molecule is CC.CCCc1nc(N)c(F)cc1C. The number of hydrogen-bond donors (Lipinski definition) is 1. The van der Waals surface area contributed by atoms with Crippen molar-refractivity contribution in [1.29, 1.82) is 0 Å². The van der Waals surface area contributed by atoms with Gasteiger partial charge in [0.15, 0.2) is 11.6 Å². The summed E-state index contributed by atoms with van der Waals surface area (Å²) < 4.78 is 12.8. The summed E-state index contributed by atoms with van der Waals surface area (Å²) in [5.41, 5.74) is 7.11. The molecule has 0 spiro atoms. The van der Waals surface area contributed by atoms with E-state index in [1.54, 1.807) is 0 Å². The quantitative estimate of drug-likeness (QED) is 0.793. The number of aromatic nitrogens is 1. The van der Waals surface area contributed by atoms with Crippen molar-refractivity contribution in [2.24, 2.45) is 0 Å². The molecule has 0 aliphatic carbocycles. The van der Waals surface area contributed by atoms with Crippen molar-refractivity contribution in [3.05, 3.63) is 23.1 Å². The molecule has 2 N–H and O–H groups in total. The molecule has 0 aromatic carbocycles. The fourth-order valence-corrected chi connectivity index (χ4v) is 1.12. The second kappa shape index (κ2) is 6.35. The molecule has 0 radical (unpaired) electrons. The lowest BCUT2D eigenvalue weighted by molar-refractivity contribution is 0.623. The second-order valence-corrected chi connectivity index (χ2v) is 2.87. The Morgan fingerprint density at radius 1 is 1.43 bits per heavy atom. The molecule has 0 saturated carbocycles. The van der Waals surface area contributed by atoms with Crippen molar-refractivity contribution in [2.45, 2.75) is 40.5 Å². The van der Waals surface area contributed by atoms with E-state index >= 15 is 0 Å². The molecule has 0 bridgehead atoms. The largest absolute Gasteiger partial charge is 0.381 e. The molecular weight excluding hydrogens is 179 g/mol. The molecule has 3 heteroatoms. The van der Waals surface area contributed by atoms with Crippen LogP contribution in [0.5, 0.6) is 0 Å². The maximum absolute atomic E-state index is 12.8. The number of halogens is 1. The topological polar surface area (TPSA) is 38.9 Å². The van der Waals surface area contributed by atoms with Crippen LogP contribution in [0.25, 0.3) is 0 Å². The third kappa shape index (κ3) is 3.32. The van der Waals surface area contributed by atoms with E-state index in [4.69, 9.17) is 5.73 Å². The molecular formula is C11H19FN2. The summed E-state index contributed by atoms with van der Waals surface area (Å²) in [4.78, 5) is 3.96. The van der Waals surface area contributed by atoms with Crippen LogP contribution in [-0.4, -0.2) is 4.98 Å². The summed E-state index contributed by atoms with van der Waals surface area (Å²) in [6.07, 6.45) is 1.86. The number of hydrogen-bond acceptors (Lipinski definition) is 2. The maximum atomic E-state index is 12.8. The Hall–Kier alpha value is -1.12. The van der Waals surface area contributed by atoms with E-state index < -0.39 is 5.82 Å². The summed E-state index contributed by atoms with van der Waals surface area (Å²) in [5.74, 6) is -0.420. The molecule has 14 heavy (non-hydrogen) atoms. The first-order valence-electron chi connectivity index (χ1n) is 5.06. The van der Waals surface area contributed by atoms with E-state index in [1.165, 1.54) is 6.07 Å². The van der Waals surface area contributed by atoms with Gasteiger partial charge in [-0.1, -0.05) is 27.2 Å². The first kappa shape index (κ1) is 12.9. The molecule has 0 aliphatic rings. The van der Waals surface area contributed by atoms with Gasteiger partial charge in [-0.25, -0.2) is 9.37 Å². The first-order valence-corrected chi connectivity index (χ1v) is 5.06. The maximum Gasteiger partial charge on any atom is 0.165 e. The van der Waals surface area contributed by atoms with E-state index in [0.717, 1.165) is 24.1 Å². The number of pyridine rings is 1. The standard InChI is InChI=1S/C9H13FN2.C2H6/c1-3-4-8-6(2)5-7(10)9(11)12-8;1-2/h5H,3-4H2,1-2H3,(H2,11,12);1-2H3. The number of nitrogens with two attached hydrogens (primary N) is 1. The van der Waals surface area contributed by atoms with Gasteiger partial charge in [-0.15, -0.1) is 0 Å². The summed E-state index contributed by atoms with van der Waals surface area (Å²) >= 11 is 0. The molecule has 0 saturated heterocycles. The van der Waals surface area contributed by atoms with Gasteiger partial charge in [0, 0.05) is 5.69 Å². The summed E-state index contributed by atoms with van der Waals surface area (Å²) in [6, 6.07) is 1.44. The van der Waals surface area contributed by atoms with Gasteiger partial charge < -0.3 is 5.73 Å². The zero-order valence-electron chi connectivity index (χ0n) is 9.39. The van der Waals surface area contributed by atoms with Gasteiger partial charge in [0.1, 0.15) is 0 Å². The van der Waals surface area contributed by atoms with Crippen molar-refractivity contribution < 1.29 is 4.39 Å². The highest BCUT2D eigenvalue weighted by Crippen LogP contribution is 2.13. The van der Waals surface area contributed by atoms with E-state index in [0.29, 0.717) is 0 Å². The Bertz CT molecular complexity index is 285. The second-order valence-electron chi connectivity index (χ2n) is 2.87. The molecule has 80 valence electrons. The van der Waals surface area contributed by atoms with Crippen molar-refractivity contribution >= 4 is 5.82 Å². The molecule has 1 rings (SSSR count). The minimum absolute atomic E-state index is 0.00375. The molecule has 2 nitrogen and oxygen atoms in total. The van der Waals surface area contributed by atoms with Crippen LogP contribution in [-0.2, 0) is 6.42 Å². The Morgan fingerprint density at radius 2 is 2.00 bits per heavy atom. The molecule has 0 amide bonds. The average Bonchev–Trinajstić information content (AvgIpc) is 2.18. The fraction of sp³-hybridized carbons (Fsp3) is 0.545. The van der Waals surface area contributed by atoms with Crippen molar-refractivity contribution in [1.82, 2.24) is 4.98 Å². The van der Waals surface area contributed by atoms with Gasteiger partial charge in [0.2, 0.25) is 0 Å². The minimum Gasteiger partial charge on any atom is -0.381 e. The van der Waals surface area contributed by atoms with Crippen molar-refractivity contribution in [3.63, 3.8) is 0 Å². The molecule has 0 unspecified atom stereocenters. The highest BCUT2D eigenvalue weighted by atomic mass is 19.1. The van der Waals surface area contributed by atoms with Gasteiger partial charge in [-0.05, 0) is 25.0 Å². The zero-order valence-corrected chi connectivity index (χ0v) is 9.39. The number of aryl methyl sites for hydroxylation is 2. The Kier molecular flexibility index (Phi) is 5.84. The van der Waals surface area contributed by atoms with Crippen LogP contribution < -0.4 is 5.73 Å². The Balaban J connectivity index is 0.000000791. The van der Waals surface area contributed by atoms with Crippen LogP contribution in [0, 0.1) is 12.7 Å². The van der Waals surface area contributed by atoms with Crippen LogP contribution in [0.2, 0.25) is 0 Å². The van der Waals surface area contributed by atoms with E-state index in [-0.39, 0.29) is 5.82 Å². The molecule has 1 aromatic heterocycles. The van der Waals surface area contributed by atoms with Gasteiger partial charge in [-0.2, -0.15) is 0 Å². The number of rotatable bonds is 2. The van der Waals surface area contributed by atoms with Gasteiger partial charge in [0.25, 0.3) is 0 Å². The van der Waals surface area contributed by atoms with Crippen molar-refractivity contribution in [3.8, 4) is 0 Å². The summed E-state index contributed by atoms with van der Waals surface area (Å²) in [7, 11) is 0. The van der Waals surface area contributed by atoms with Crippen molar-refractivity contribution in [2.75, 3.05) is 5.73 Å². The summed E-state index contributed by atoms with van der Waals surface area (Å²) in [5, 5.41) is 0. The Labute approximate surface area is 85.4 Å². The molecule has 0 fully saturated rings. The van der Waals surface area contributed by atoms with Gasteiger partial charge in [-0.3, -0.25) is 0 Å². The normalized spacial score (nSPS) is 9.21. The van der Waals surface area contributed by atoms with E-state index in [9.17, 15) is 4.39 Å². The van der Waals surface area contributed by atoms with Crippen LogP contribution in [0.3, 0.4) is 0 Å². The number of nitrogens with zero attached hydrogens (tertiary/aromatic N) is 1. The van der Waals surface area contributed by atoms with Crippen LogP contribution in [0.1, 0.15) is 38.4 Å². The molecule has 1 aromatic rings. The third-order valence-electron chi connectivity index (χ3n) is 1.79. The average molecular weight is 198 g/mol. The minimum atomic E-state index is -0.424. The van der Waals surface area contributed by atoms with Crippen LogP contribution >= 0.6 is 0 Å². The monoisotopic (exact) mass is 198 g/mol. The fourth-order valence-electron chi connectivity index (χ4n) is 1.12. The lowest BCUT2D eigenvalue weighted by Crippen LogP contribution is -2.01. The predicted octanol–water partition coefficient (Wildman–Crippen LogP) is 3.09. The van der Waals surface area contributed by atoms with Crippen LogP contribution in [0.4, 0.5) is 10.2 Å². The first-order chi connectivity index (χ1) is 6.65. The molecule has 0 aliphatic heterocycles. The Morgan fingerprint density at radius 3 is 2.50 bits per heavy atom. The predicted molar refractivity (Wildman–Crippen MR) is 58.7 cm³/mol. The third-order valence-corrected chi connectivity index (χ3v) is 1.79. The van der Waals surface area contributed by atoms with Gasteiger partial charge >= 0.3 is 0 Å². The van der Waals surface area contributed by atoms with Crippen LogP contribution in [0.15, 0.2) is 6.07 Å². The smallest absolute Gasteiger partial charge is 0.165 e. The highest BCUT2D eigenvalue weighted by Gasteiger charge is 2.04. The zero-order chi connectivity index (χ0) is 11.1. The lowest BCUT2D eigenvalue weighted by Gasteiger charge is -2.04. The van der Waals surface area contributed by atoms with E-state index in [2.05, 4.69) is 11.9 Å². The van der Waals surface area contributed by atoms with E-state index in [1.807, 2.05) is 20.8 Å². The molecule has 0 atom stereocenters. The highest BCUT2D eigenvalue weighted by molar-refractivity contribution is 5.35. The molecule has 1 heterocycles. The number of nitrogen functional groups attached to an aromatic ring is 1. The lowest BCUT2D eigenvalue weighted by atomic mass is 10.1.